The molecule has 7 nitrogen and oxygen atoms in total. The molecule has 0 aromatic heterocycles. The van der Waals surface area contributed by atoms with Crippen molar-refractivity contribution in [2.45, 2.75) is 63.5 Å². The van der Waals surface area contributed by atoms with Gasteiger partial charge in [0.15, 0.2) is 6.10 Å². The molecule has 2 aromatic carbocycles. The maximum absolute atomic E-state index is 12.8. The molecular weight excluding hydrogens is 416 g/mol. The van der Waals surface area contributed by atoms with Crippen LogP contribution in [0.2, 0.25) is 0 Å². The van der Waals surface area contributed by atoms with Gasteiger partial charge in [0.25, 0.3) is 5.91 Å². The fourth-order valence-electron chi connectivity index (χ4n) is 3.67. The molecule has 0 bridgehead atoms. The quantitative estimate of drug-likeness (QED) is 0.645. The fraction of sp³-hybridized carbons (Fsp3) is 0.435. The van der Waals surface area contributed by atoms with E-state index in [2.05, 4.69) is 16.1 Å². The Morgan fingerprint density at radius 3 is 2.48 bits per heavy atom. The molecule has 0 unspecified atom stereocenters. The molecule has 168 valence electrons. The standard InChI is InChI=1S/C23H30N2O5S/c1-15(2)25-31(27,28)18-12-13-22(29-4)20(14-18)24-23(26)16(3)30-21-11-7-9-17-8-5-6-10-19(17)21/h7,9,11-16,25H,5-6,8,10H2,1-4H3,(H,24,26)/t16-/m0/s1. The van der Waals surface area contributed by atoms with Gasteiger partial charge < -0.3 is 14.8 Å². The minimum absolute atomic E-state index is 0.0444. The van der Waals surface area contributed by atoms with Gasteiger partial charge >= 0.3 is 0 Å². The Bertz CT molecular complexity index is 1050. The van der Waals surface area contributed by atoms with Crippen LogP contribution < -0.4 is 19.5 Å². The molecule has 1 atom stereocenters. The molecule has 1 aliphatic carbocycles. The van der Waals surface area contributed by atoms with Crippen molar-refractivity contribution < 1.29 is 22.7 Å². The second-order valence-electron chi connectivity index (χ2n) is 7.99. The minimum Gasteiger partial charge on any atom is -0.495 e. The summed E-state index contributed by atoms with van der Waals surface area (Å²) in [5.74, 6) is 0.698. The second kappa shape index (κ2) is 9.70. The van der Waals surface area contributed by atoms with Gasteiger partial charge in [-0.25, -0.2) is 13.1 Å². The number of aryl methyl sites for hydroxylation is 1. The molecule has 0 saturated heterocycles. The van der Waals surface area contributed by atoms with Gasteiger partial charge in [-0.1, -0.05) is 12.1 Å². The van der Waals surface area contributed by atoms with Crippen molar-refractivity contribution in [3.05, 3.63) is 47.5 Å². The Labute approximate surface area is 184 Å². The summed E-state index contributed by atoms with van der Waals surface area (Å²) in [4.78, 5) is 12.9. The van der Waals surface area contributed by atoms with Gasteiger partial charge in [-0.2, -0.15) is 0 Å². The maximum Gasteiger partial charge on any atom is 0.265 e. The van der Waals surface area contributed by atoms with Crippen LogP contribution in [0.3, 0.4) is 0 Å². The molecule has 31 heavy (non-hydrogen) atoms. The van der Waals surface area contributed by atoms with Crippen LogP contribution in [0.5, 0.6) is 11.5 Å². The van der Waals surface area contributed by atoms with Gasteiger partial charge in [0.1, 0.15) is 11.5 Å². The van der Waals surface area contributed by atoms with Crippen molar-refractivity contribution in [3.8, 4) is 11.5 Å². The van der Waals surface area contributed by atoms with Gasteiger partial charge in [0, 0.05) is 6.04 Å². The Morgan fingerprint density at radius 1 is 1.03 bits per heavy atom. The number of benzene rings is 2. The molecule has 3 rings (SSSR count). The van der Waals surface area contributed by atoms with Crippen LogP contribution >= 0.6 is 0 Å². The number of carbonyl (C=O) groups excluding carboxylic acids is 1. The van der Waals surface area contributed by atoms with Crippen LogP contribution in [0.1, 0.15) is 44.7 Å². The summed E-state index contributed by atoms with van der Waals surface area (Å²) >= 11 is 0. The molecular formula is C23H30N2O5S. The smallest absolute Gasteiger partial charge is 0.265 e. The zero-order valence-corrected chi connectivity index (χ0v) is 19.2. The molecule has 8 heteroatoms. The summed E-state index contributed by atoms with van der Waals surface area (Å²) in [6.07, 6.45) is 3.47. The highest BCUT2D eigenvalue weighted by molar-refractivity contribution is 7.89. The predicted molar refractivity (Wildman–Crippen MR) is 120 cm³/mol. The summed E-state index contributed by atoms with van der Waals surface area (Å²) < 4.78 is 38.8. The summed E-state index contributed by atoms with van der Waals surface area (Å²) in [6, 6.07) is 10.0. The van der Waals surface area contributed by atoms with Gasteiger partial charge in [0.05, 0.1) is 17.7 Å². The average Bonchev–Trinajstić information content (AvgIpc) is 2.73. The van der Waals surface area contributed by atoms with Crippen LogP contribution in [-0.4, -0.2) is 33.6 Å². The molecule has 0 aliphatic heterocycles. The van der Waals surface area contributed by atoms with E-state index < -0.39 is 22.0 Å². The summed E-state index contributed by atoms with van der Waals surface area (Å²) in [6.45, 7) is 5.15. The van der Waals surface area contributed by atoms with E-state index >= 15 is 0 Å². The van der Waals surface area contributed by atoms with E-state index in [-0.39, 0.29) is 16.6 Å². The number of hydrogen-bond donors (Lipinski definition) is 2. The minimum atomic E-state index is -3.71. The fourth-order valence-corrected chi connectivity index (χ4v) is 4.94. The monoisotopic (exact) mass is 446 g/mol. The lowest BCUT2D eigenvalue weighted by molar-refractivity contribution is -0.122. The Morgan fingerprint density at radius 2 is 1.77 bits per heavy atom. The Kier molecular flexibility index (Phi) is 7.23. The first kappa shape index (κ1) is 23.1. The highest BCUT2D eigenvalue weighted by atomic mass is 32.2. The van der Waals surface area contributed by atoms with Crippen molar-refractivity contribution in [1.29, 1.82) is 0 Å². The van der Waals surface area contributed by atoms with Crippen LogP contribution in [0.25, 0.3) is 0 Å². The number of methoxy groups -OCH3 is 1. The normalized spacial score (nSPS) is 14.6. The van der Waals surface area contributed by atoms with Crippen molar-refractivity contribution in [1.82, 2.24) is 4.72 Å². The molecule has 2 N–H and O–H groups in total. The van der Waals surface area contributed by atoms with Crippen molar-refractivity contribution in [3.63, 3.8) is 0 Å². The highest BCUT2D eigenvalue weighted by Gasteiger charge is 2.22. The first-order valence-corrected chi connectivity index (χ1v) is 12.0. The first-order valence-electron chi connectivity index (χ1n) is 10.5. The van der Waals surface area contributed by atoms with Crippen LogP contribution in [0.15, 0.2) is 41.3 Å². The molecule has 0 saturated carbocycles. The number of rotatable bonds is 8. The zero-order chi connectivity index (χ0) is 22.6. The van der Waals surface area contributed by atoms with E-state index in [4.69, 9.17) is 9.47 Å². The number of amides is 1. The van der Waals surface area contributed by atoms with E-state index in [0.717, 1.165) is 31.4 Å². The number of anilines is 1. The Balaban J connectivity index is 1.78. The number of nitrogens with one attached hydrogen (secondary N) is 2. The number of fused-ring (bicyclic) bond motifs is 1. The third-order valence-corrected chi connectivity index (χ3v) is 6.81. The SMILES string of the molecule is COc1ccc(S(=O)(=O)NC(C)C)cc1NC(=O)[C@H](C)Oc1cccc2c1CCCC2. The predicted octanol–water partition coefficient (Wildman–Crippen LogP) is 3.67. The topological polar surface area (TPSA) is 93.7 Å². The van der Waals surface area contributed by atoms with Crippen LogP contribution in [-0.2, 0) is 27.7 Å². The second-order valence-corrected chi connectivity index (χ2v) is 9.70. The summed E-state index contributed by atoms with van der Waals surface area (Å²) in [5.41, 5.74) is 2.71. The first-order chi connectivity index (χ1) is 14.7. The van der Waals surface area contributed by atoms with Crippen LogP contribution in [0.4, 0.5) is 5.69 Å². The molecule has 1 aliphatic rings. The number of hydrogen-bond acceptors (Lipinski definition) is 5. The molecule has 2 aromatic rings. The van der Waals surface area contributed by atoms with Crippen molar-refractivity contribution in [2.75, 3.05) is 12.4 Å². The van der Waals surface area contributed by atoms with E-state index in [1.165, 1.54) is 36.4 Å². The lowest BCUT2D eigenvalue weighted by Crippen LogP contribution is -2.31. The number of ether oxygens (including phenoxy) is 2. The third kappa shape index (κ3) is 5.57. The average molecular weight is 447 g/mol. The van der Waals surface area contributed by atoms with E-state index in [1.807, 2.05) is 12.1 Å². The molecule has 0 radical (unpaired) electrons. The lowest BCUT2D eigenvalue weighted by atomic mass is 9.91. The van der Waals surface area contributed by atoms with Gasteiger partial charge in [-0.05, 0) is 81.8 Å². The van der Waals surface area contributed by atoms with Crippen LogP contribution in [0, 0.1) is 0 Å². The molecule has 0 heterocycles. The van der Waals surface area contributed by atoms with E-state index in [0.29, 0.717) is 5.75 Å². The number of sulfonamides is 1. The molecule has 0 spiro atoms. The molecule has 0 fully saturated rings. The lowest BCUT2D eigenvalue weighted by Gasteiger charge is -2.22. The number of carbonyl (C=O) groups is 1. The Hall–Kier alpha value is -2.58. The van der Waals surface area contributed by atoms with E-state index in [9.17, 15) is 13.2 Å². The zero-order valence-electron chi connectivity index (χ0n) is 18.4. The molecule has 1 amide bonds. The van der Waals surface area contributed by atoms with E-state index in [1.54, 1.807) is 20.8 Å². The van der Waals surface area contributed by atoms with Gasteiger partial charge in [-0.3, -0.25) is 4.79 Å². The third-order valence-electron chi connectivity index (χ3n) is 5.16. The maximum atomic E-state index is 12.8. The van der Waals surface area contributed by atoms with Crippen molar-refractivity contribution >= 4 is 21.6 Å². The van der Waals surface area contributed by atoms with Crippen molar-refractivity contribution in [2.24, 2.45) is 0 Å². The van der Waals surface area contributed by atoms with Gasteiger partial charge in [0.2, 0.25) is 10.0 Å². The largest absolute Gasteiger partial charge is 0.495 e. The van der Waals surface area contributed by atoms with Gasteiger partial charge in [-0.15, -0.1) is 0 Å². The summed E-state index contributed by atoms with van der Waals surface area (Å²) in [5, 5.41) is 2.75. The summed E-state index contributed by atoms with van der Waals surface area (Å²) in [7, 11) is -2.25. The highest BCUT2D eigenvalue weighted by Crippen LogP contribution is 2.31.